The Hall–Kier alpha value is -1.27. The maximum Gasteiger partial charge on any atom is 0.158 e. The number of hydrogen-bond acceptors (Lipinski definition) is 3. The van der Waals surface area contributed by atoms with E-state index in [0.717, 1.165) is 28.0 Å². The average molecular weight is 355 g/mol. The molecule has 0 aromatic carbocycles. The predicted octanol–water partition coefficient (Wildman–Crippen LogP) is 3.53. The van der Waals surface area contributed by atoms with Crippen molar-refractivity contribution >= 4 is 15.9 Å². The van der Waals surface area contributed by atoms with E-state index in [1.165, 1.54) is 12.3 Å². The van der Waals surface area contributed by atoms with Crippen molar-refractivity contribution in [1.82, 2.24) is 20.1 Å². The molecule has 114 valence electrons. The maximum atomic E-state index is 13.5. The molecule has 0 atom stereocenters. The van der Waals surface area contributed by atoms with E-state index in [-0.39, 0.29) is 5.82 Å². The first-order valence-corrected chi connectivity index (χ1v) is 7.76. The molecular weight excluding hydrogens is 335 g/mol. The lowest BCUT2D eigenvalue weighted by atomic mass is 10.2. The second-order valence-electron chi connectivity index (χ2n) is 5.56. The third-order valence-electron chi connectivity index (χ3n) is 3.18. The van der Waals surface area contributed by atoms with Crippen molar-refractivity contribution in [2.75, 3.05) is 6.54 Å². The largest absolute Gasteiger partial charge is 0.312 e. The summed E-state index contributed by atoms with van der Waals surface area (Å²) in [5, 5.41) is 7.79. The fourth-order valence-electron chi connectivity index (χ4n) is 2.12. The van der Waals surface area contributed by atoms with Crippen molar-refractivity contribution < 1.29 is 4.39 Å². The van der Waals surface area contributed by atoms with Crippen LogP contribution < -0.4 is 5.32 Å². The van der Waals surface area contributed by atoms with E-state index >= 15 is 0 Å². The summed E-state index contributed by atoms with van der Waals surface area (Å²) in [6.07, 6.45) is 1.23. The van der Waals surface area contributed by atoms with Gasteiger partial charge in [0, 0.05) is 12.1 Å². The average Bonchev–Trinajstić information content (AvgIpc) is 2.66. The van der Waals surface area contributed by atoms with Gasteiger partial charge in [0.25, 0.3) is 0 Å². The first-order chi connectivity index (χ1) is 9.90. The van der Waals surface area contributed by atoms with Crippen LogP contribution in [0, 0.1) is 25.6 Å². The smallest absolute Gasteiger partial charge is 0.158 e. The van der Waals surface area contributed by atoms with Crippen molar-refractivity contribution in [2.24, 2.45) is 5.92 Å². The number of nitrogens with zero attached hydrogens (tertiary/aromatic N) is 3. The Morgan fingerprint density at radius 2 is 2.10 bits per heavy atom. The maximum absolute atomic E-state index is 13.5. The fraction of sp³-hybridized carbons (Fsp3) is 0.467. The first kappa shape index (κ1) is 16.1. The van der Waals surface area contributed by atoms with Gasteiger partial charge in [0.2, 0.25) is 0 Å². The van der Waals surface area contributed by atoms with Gasteiger partial charge in [-0.1, -0.05) is 13.8 Å². The molecule has 4 nitrogen and oxygen atoms in total. The molecule has 6 heteroatoms. The molecule has 0 saturated carbocycles. The van der Waals surface area contributed by atoms with Crippen LogP contribution >= 0.6 is 15.9 Å². The molecule has 0 aliphatic heterocycles. The minimum atomic E-state index is -0.333. The first-order valence-electron chi connectivity index (χ1n) is 6.97. The highest BCUT2D eigenvalue weighted by atomic mass is 79.9. The molecule has 2 heterocycles. The Labute approximate surface area is 132 Å². The molecule has 0 radical (unpaired) electrons. The van der Waals surface area contributed by atoms with E-state index < -0.39 is 0 Å². The lowest BCUT2D eigenvalue weighted by Crippen LogP contribution is -2.21. The zero-order chi connectivity index (χ0) is 15.6. The monoisotopic (exact) mass is 354 g/mol. The van der Waals surface area contributed by atoms with E-state index in [9.17, 15) is 4.39 Å². The summed E-state index contributed by atoms with van der Waals surface area (Å²) in [6, 6.07) is 1.51. The third-order valence-corrected chi connectivity index (χ3v) is 4.33. The zero-order valence-electron chi connectivity index (χ0n) is 12.7. The molecule has 2 rings (SSSR count). The molecule has 0 aliphatic carbocycles. The quantitative estimate of drug-likeness (QED) is 0.892. The highest BCUT2D eigenvalue weighted by Gasteiger charge is 2.15. The number of halogens is 2. The fourth-order valence-corrected chi connectivity index (χ4v) is 2.37. The van der Waals surface area contributed by atoms with Gasteiger partial charge in [-0.3, -0.25) is 0 Å². The molecule has 0 saturated heterocycles. The van der Waals surface area contributed by atoms with E-state index in [4.69, 9.17) is 0 Å². The Kier molecular flexibility index (Phi) is 5.11. The van der Waals surface area contributed by atoms with Crippen LogP contribution in [0.2, 0.25) is 0 Å². The molecule has 0 bridgehead atoms. The van der Waals surface area contributed by atoms with Crippen LogP contribution in [0.3, 0.4) is 0 Å². The van der Waals surface area contributed by atoms with Crippen molar-refractivity contribution in [3.8, 4) is 5.82 Å². The number of aromatic nitrogens is 3. The van der Waals surface area contributed by atoms with Crippen molar-refractivity contribution in [3.05, 3.63) is 39.5 Å². The highest BCUT2D eigenvalue weighted by molar-refractivity contribution is 9.10. The van der Waals surface area contributed by atoms with E-state index in [2.05, 4.69) is 45.2 Å². The summed E-state index contributed by atoms with van der Waals surface area (Å²) in [6.45, 7) is 9.59. The van der Waals surface area contributed by atoms with Gasteiger partial charge in [-0.25, -0.2) is 14.1 Å². The summed E-state index contributed by atoms with van der Waals surface area (Å²) in [5.41, 5.74) is 2.64. The molecule has 0 aliphatic rings. The van der Waals surface area contributed by atoms with E-state index in [1.807, 2.05) is 13.8 Å². The number of nitrogens with one attached hydrogen (secondary N) is 1. The van der Waals surface area contributed by atoms with Gasteiger partial charge in [-0.2, -0.15) is 5.10 Å². The number of pyridine rings is 1. The summed E-state index contributed by atoms with van der Waals surface area (Å²) < 4.78 is 16.2. The molecule has 2 aromatic rings. The van der Waals surface area contributed by atoms with Crippen LogP contribution in [-0.2, 0) is 6.54 Å². The lowest BCUT2D eigenvalue weighted by Gasteiger charge is -2.12. The summed E-state index contributed by atoms with van der Waals surface area (Å²) >= 11 is 3.51. The topological polar surface area (TPSA) is 42.7 Å². The predicted molar refractivity (Wildman–Crippen MR) is 85.0 cm³/mol. The van der Waals surface area contributed by atoms with Crippen molar-refractivity contribution in [3.63, 3.8) is 0 Å². The Bertz CT molecular complexity index is 637. The van der Waals surface area contributed by atoms with Crippen LogP contribution in [0.5, 0.6) is 0 Å². The summed E-state index contributed by atoms with van der Waals surface area (Å²) in [5.74, 6) is 0.873. The van der Waals surface area contributed by atoms with Gasteiger partial charge in [-0.15, -0.1) is 0 Å². The van der Waals surface area contributed by atoms with Gasteiger partial charge in [0.1, 0.15) is 5.82 Å². The summed E-state index contributed by atoms with van der Waals surface area (Å²) in [7, 11) is 0. The molecule has 0 spiro atoms. The number of hydrogen-bond donors (Lipinski definition) is 1. The van der Waals surface area contributed by atoms with Crippen molar-refractivity contribution in [2.45, 2.75) is 34.2 Å². The number of rotatable bonds is 5. The molecule has 0 fully saturated rings. The van der Waals surface area contributed by atoms with Crippen molar-refractivity contribution in [1.29, 1.82) is 0 Å². The Morgan fingerprint density at radius 3 is 2.67 bits per heavy atom. The Morgan fingerprint density at radius 1 is 1.38 bits per heavy atom. The van der Waals surface area contributed by atoms with Crippen LogP contribution in [-0.4, -0.2) is 21.3 Å². The summed E-state index contributed by atoms with van der Waals surface area (Å²) in [4.78, 5) is 4.23. The minimum Gasteiger partial charge on any atom is -0.312 e. The van der Waals surface area contributed by atoms with Crippen LogP contribution in [0.1, 0.15) is 30.8 Å². The van der Waals surface area contributed by atoms with Gasteiger partial charge in [0.15, 0.2) is 5.82 Å². The number of aryl methyl sites for hydroxylation is 1. The molecule has 2 aromatic heterocycles. The minimum absolute atomic E-state index is 0.333. The molecule has 0 unspecified atom stereocenters. The standard InChI is InChI=1S/C15H20BrFN4/c1-9(2)6-18-7-12-5-13(17)8-19-15(12)21-11(4)14(16)10(3)20-21/h5,8-9,18H,6-7H2,1-4H3. The van der Waals surface area contributed by atoms with Crippen LogP contribution in [0.15, 0.2) is 16.7 Å². The second kappa shape index (κ2) is 6.66. The van der Waals surface area contributed by atoms with Crippen LogP contribution in [0.4, 0.5) is 4.39 Å². The van der Waals surface area contributed by atoms with E-state index in [1.54, 1.807) is 4.68 Å². The molecule has 0 amide bonds. The SMILES string of the molecule is Cc1nn(-c2ncc(F)cc2CNCC(C)C)c(C)c1Br. The molecular formula is C15H20BrFN4. The lowest BCUT2D eigenvalue weighted by molar-refractivity contribution is 0.546. The molecule has 1 N–H and O–H groups in total. The van der Waals surface area contributed by atoms with Crippen LogP contribution in [0.25, 0.3) is 5.82 Å². The van der Waals surface area contributed by atoms with E-state index in [0.29, 0.717) is 18.3 Å². The van der Waals surface area contributed by atoms with Gasteiger partial charge in [0.05, 0.1) is 22.1 Å². The molecule has 21 heavy (non-hydrogen) atoms. The van der Waals surface area contributed by atoms with Gasteiger partial charge < -0.3 is 5.32 Å². The second-order valence-corrected chi connectivity index (χ2v) is 6.35. The third kappa shape index (κ3) is 3.68. The Balaban J connectivity index is 2.36. The highest BCUT2D eigenvalue weighted by Crippen LogP contribution is 2.24. The normalized spacial score (nSPS) is 11.4. The zero-order valence-corrected chi connectivity index (χ0v) is 14.3. The van der Waals surface area contributed by atoms with Gasteiger partial charge >= 0.3 is 0 Å². The van der Waals surface area contributed by atoms with Gasteiger partial charge in [-0.05, 0) is 48.3 Å².